The number of aromatic nitrogens is 1. The lowest BCUT2D eigenvalue weighted by Crippen LogP contribution is -2.57. The molecule has 39 heavy (non-hydrogen) atoms. The Morgan fingerprint density at radius 3 is 1.87 bits per heavy atom. The normalized spacial score (nSPS) is 13.9. The molecule has 0 unspecified atom stereocenters. The van der Waals surface area contributed by atoms with Gasteiger partial charge in [-0.1, -0.05) is 84.4 Å². The van der Waals surface area contributed by atoms with E-state index in [-0.39, 0.29) is 5.57 Å². The minimum Gasteiger partial charge on any atom is -0.342 e. The lowest BCUT2D eigenvalue weighted by atomic mass is 10.0. The smallest absolute Gasteiger partial charge is 0.342 e. The van der Waals surface area contributed by atoms with Gasteiger partial charge in [0.15, 0.2) is 0 Å². The number of urea groups is 1. The number of barbiturate groups is 1. The van der Waals surface area contributed by atoms with Gasteiger partial charge >= 0.3 is 6.03 Å². The summed E-state index contributed by atoms with van der Waals surface area (Å²) in [6.07, 6.45) is 3.56. The standard InChI is InChI=1S/C33H25N3O3/c1-23-11-10-12-24(19-23)21-34-22-25(28-17-8-9-18-30(28)34)20-29-31(37)35(26-13-4-2-5-14-26)33(39)36(32(29)38)27-15-6-3-7-16-27/h2-20,22H,21H2,1H3. The molecule has 0 N–H and O–H groups in total. The van der Waals surface area contributed by atoms with Crippen LogP contribution in [0.15, 0.2) is 121 Å². The summed E-state index contributed by atoms with van der Waals surface area (Å²) in [6.45, 7) is 2.70. The van der Waals surface area contributed by atoms with Crippen LogP contribution in [-0.2, 0) is 16.1 Å². The van der Waals surface area contributed by atoms with Gasteiger partial charge in [0.1, 0.15) is 5.57 Å². The first kappa shape index (κ1) is 24.1. The van der Waals surface area contributed by atoms with E-state index in [1.54, 1.807) is 54.6 Å². The minimum atomic E-state index is -0.707. The van der Waals surface area contributed by atoms with Crippen LogP contribution in [0.2, 0.25) is 0 Å². The first-order valence-electron chi connectivity index (χ1n) is 12.7. The van der Waals surface area contributed by atoms with Crippen molar-refractivity contribution in [3.8, 4) is 0 Å². The average Bonchev–Trinajstić information content (AvgIpc) is 3.29. The van der Waals surface area contributed by atoms with Gasteiger partial charge < -0.3 is 4.57 Å². The van der Waals surface area contributed by atoms with Crippen LogP contribution in [0.25, 0.3) is 17.0 Å². The Morgan fingerprint density at radius 1 is 0.667 bits per heavy atom. The van der Waals surface area contributed by atoms with Crippen LogP contribution in [0.5, 0.6) is 0 Å². The Morgan fingerprint density at radius 2 is 1.26 bits per heavy atom. The molecule has 1 aliphatic rings. The molecule has 4 aromatic carbocycles. The van der Waals surface area contributed by atoms with E-state index in [4.69, 9.17) is 0 Å². The summed E-state index contributed by atoms with van der Waals surface area (Å²) in [4.78, 5) is 43.3. The van der Waals surface area contributed by atoms with Gasteiger partial charge in [0.25, 0.3) is 11.8 Å². The van der Waals surface area contributed by atoms with Crippen molar-refractivity contribution in [1.29, 1.82) is 0 Å². The van der Waals surface area contributed by atoms with E-state index in [1.165, 1.54) is 5.56 Å². The number of imide groups is 2. The maximum Gasteiger partial charge on any atom is 0.343 e. The third-order valence-corrected chi connectivity index (χ3v) is 6.83. The Bertz CT molecular complexity index is 1690. The highest BCUT2D eigenvalue weighted by Gasteiger charge is 2.43. The molecule has 5 aromatic rings. The van der Waals surface area contributed by atoms with Crippen molar-refractivity contribution in [2.75, 3.05) is 9.80 Å². The highest BCUT2D eigenvalue weighted by Crippen LogP contribution is 2.31. The van der Waals surface area contributed by atoms with E-state index in [9.17, 15) is 14.4 Å². The first-order chi connectivity index (χ1) is 19.0. The number of carbonyl (C=O) groups is 3. The van der Waals surface area contributed by atoms with E-state index >= 15 is 0 Å². The van der Waals surface area contributed by atoms with Crippen molar-refractivity contribution in [3.05, 3.63) is 138 Å². The van der Waals surface area contributed by atoms with Gasteiger partial charge in [-0.2, -0.15) is 0 Å². The molecule has 0 spiro atoms. The van der Waals surface area contributed by atoms with Crippen molar-refractivity contribution in [2.24, 2.45) is 0 Å². The Kier molecular flexibility index (Phi) is 6.13. The molecule has 0 saturated carbocycles. The van der Waals surface area contributed by atoms with Gasteiger partial charge in [0.05, 0.1) is 11.4 Å². The van der Waals surface area contributed by atoms with Gasteiger partial charge in [-0.3, -0.25) is 9.59 Å². The maximum atomic E-state index is 13.8. The van der Waals surface area contributed by atoms with Crippen molar-refractivity contribution in [3.63, 3.8) is 0 Å². The van der Waals surface area contributed by atoms with E-state index in [2.05, 4.69) is 29.7 Å². The molecular weight excluding hydrogens is 486 g/mol. The molecule has 1 saturated heterocycles. The topological polar surface area (TPSA) is 62.6 Å². The average molecular weight is 512 g/mol. The molecule has 6 nitrogen and oxygen atoms in total. The molecule has 1 aromatic heterocycles. The number of carbonyl (C=O) groups excluding carboxylic acids is 3. The lowest BCUT2D eigenvalue weighted by molar-refractivity contribution is -0.121. The Hall–Kier alpha value is -5.23. The molecule has 6 rings (SSSR count). The minimum absolute atomic E-state index is 0.0826. The van der Waals surface area contributed by atoms with Crippen LogP contribution in [0, 0.1) is 6.92 Å². The number of aryl methyl sites for hydroxylation is 1. The monoisotopic (exact) mass is 511 g/mol. The number of fused-ring (bicyclic) bond motifs is 1. The summed E-state index contributed by atoms with van der Waals surface area (Å²) in [7, 11) is 0. The van der Waals surface area contributed by atoms with Crippen molar-refractivity contribution >= 4 is 46.2 Å². The highest BCUT2D eigenvalue weighted by molar-refractivity contribution is 6.46. The summed E-state index contributed by atoms with van der Waals surface area (Å²) in [5.74, 6) is -1.31. The fourth-order valence-corrected chi connectivity index (χ4v) is 5.02. The van der Waals surface area contributed by atoms with E-state index in [0.29, 0.717) is 17.9 Å². The van der Waals surface area contributed by atoms with Crippen LogP contribution in [0.4, 0.5) is 16.2 Å². The fourth-order valence-electron chi connectivity index (χ4n) is 5.02. The number of rotatable bonds is 5. The molecule has 0 radical (unpaired) electrons. The van der Waals surface area contributed by atoms with Crippen molar-refractivity contribution in [2.45, 2.75) is 13.5 Å². The summed E-state index contributed by atoms with van der Waals surface area (Å²) in [5, 5.41) is 0.910. The van der Waals surface area contributed by atoms with Crippen LogP contribution < -0.4 is 9.80 Å². The molecule has 2 heterocycles. The van der Waals surface area contributed by atoms with Crippen LogP contribution in [-0.4, -0.2) is 22.4 Å². The molecule has 6 heteroatoms. The number of benzene rings is 4. The second kappa shape index (κ2) is 9.91. The quantitative estimate of drug-likeness (QED) is 0.198. The van der Waals surface area contributed by atoms with Gasteiger partial charge in [0, 0.05) is 29.2 Å². The summed E-state index contributed by atoms with van der Waals surface area (Å²) in [5.41, 5.74) is 4.75. The molecule has 0 bridgehead atoms. The SMILES string of the molecule is Cc1cccc(Cn2cc(C=C3C(=O)N(c4ccccc4)C(=O)N(c4ccccc4)C3=O)c3ccccc32)c1. The predicted molar refractivity (Wildman–Crippen MR) is 153 cm³/mol. The summed E-state index contributed by atoms with van der Waals surface area (Å²) in [6, 6.07) is 32.8. The van der Waals surface area contributed by atoms with E-state index < -0.39 is 17.8 Å². The van der Waals surface area contributed by atoms with Gasteiger partial charge in [-0.25, -0.2) is 14.6 Å². The second-order valence-corrected chi connectivity index (χ2v) is 9.51. The molecular formula is C33H25N3O3. The number of anilines is 2. The van der Waals surface area contributed by atoms with E-state index in [0.717, 1.165) is 31.8 Å². The molecule has 1 fully saturated rings. The third kappa shape index (κ3) is 4.42. The highest BCUT2D eigenvalue weighted by atomic mass is 16.2. The van der Waals surface area contributed by atoms with E-state index in [1.807, 2.05) is 48.7 Å². The number of para-hydroxylation sites is 3. The number of hydrogen-bond donors (Lipinski definition) is 0. The maximum absolute atomic E-state index is 13.8. The number of amides is 4. The van der Waals surface area contributed by atoms with Crippen LogP contribution in [0.3, 0.4) is 0 Å². The van der Waals surface area contributed by atoms with Gasteiger partial charge in [-0.05, 0) is 48.9 Å². The van der Waals surface area contributed by atoms with Gasteiger partial charge in [-0.15, -0.1) is 0 Å². The van der Waals surface area contributed by atoms with Crippen LogP contribution in [0.1, 0.15) is 16.7 Å². The Balaban J connectivity index is 1.49. The number of nitrogens with zero attached hydrogens (tertiary/aromatic N) is 3. The van der Waals surface area contributed by atoms with Crippen molar-refractivity contribution in [1.82, 2.24) is 4.57 Å². The lowest BCUT2D eigenvalue weighted by Gasteiger charge is -2.33. The van der Waals surface area contributed by atoms with Crippen molar-refractivity contribution < 1.29 is 14.4 Å². The molecule has 4 amide bonds. The second-order valence-electron chi connectivity index (χ2n) is 9.51. The zero-order chi connectivity index (χ0) is 26.9. The molecule has 0 aliphatic carbocycles. The number of hydrogen-bond acceptors (Lipinski definition) is 3. The zero-order valence-corrected chi connectivity index (χ0v) is 21.3. The molecule has 190 valence electrons. The summed E-state index contributed by atoms with van der Waals surface area (Å²) < 4.78 is 2.11. The molecule has 1 aliphatic heterocycles. The first-order valence-corrected chi connectivity index (χ1v) is 12.7. The largest absolute Gasteiger partial charge is 0.343 e. The zero-order valence-electron chi connectivity index (χ0n) is 21.3. The Labute approximate surface area is 226 Å². The third-order valence-electron chi connectivity index (χ3n) is 6.83. The van der Waals surface area contributed by atoms with Crippen LogP contribution >= 0.6 is 0 Å². The van der Waals surface area contributed by atoms with Gasteiger partial charge in [0.2, 0.25) is 0 Å². The predicted octanol–water partition coefficient (Wildman–Crippen LogP) is 6.58. The fraction of sp³-hybridized carbons (Fsp3) is 0.0606. The summed E-state index contributed by atoms with van der Waals surface area (Å²) >= 11 is 0. The molecule has 0 atom stereocenters.